The third-order valence-electron chi connectivity index (χ3n) is 5.15. The summed E-state index contributed by atoms with van der Waals surface area (Å²) in [6.45, 7) is 4.66. The van der Waals surface area contributed by atoms with Crippen molar-refractivity contribution in [2.24, 2.45) is 0 Å². The molecule has 0 radical (unpaired) electrons. The lowest BCUT2D eigenvalue weighted by Crippen LogP contribution is -2.23. The molecule has 2 aromatic heterocycles. The summed E-state index contributed by atoms with van der Waals surface area (Å²) in [6.07, 6.45) is 2.89. The normalized spacial score (nSPS) is 19.5. The van der Waals surface area contributed by atoms with Gasteiger partial charge < -0.3 is 0 Å². The fourth-order valence-electron chi connectivity index (χ4n) is 3.80. The highest BCUT2D eigenvalue weighted by Crippen LogP contribution is 2.38. The summed E-state index contributed by atoms with van der Waals surface area (Å²) in [4.78, 5) is 8.25. The zero-order valence-corrected chi connectivity index (χ0v) is 15.3. The molecule has 4 heteroatoms. The summed E-state index contributed by atoms with van der Waals surface area (Å²) in [6, 6.07) is 14.8. The summed E-state index contributed by atoms with van der Waals surface area (Å²) in [5, 5.41) is 1.34. The van der Waals surface area contributed by atoms with Crippen LogP contribution in [0.2, 0.25) is 0 Å². The first-order chi connectivity index (χ1) is 12.2. The number of halogens is 1. The zero-order valence-electron chi connectivity index (χ0n) is 14.5. The van der Waals surface area contributed by atoms with Crippen LogP contribution in [-0.2, 0) is 6.42 Å². The molecule has 2 nitrogen and oxygen atoms in total. The van der Waals surface area contributed by atoms with E-state index in [4.69, 9.17) is 0 Å². The molecule has 0 amide bonds. The van der Waals surface area contributed by atoms with Crippen molar-refractivity contribution in [1.82, 2.24) is 9.88 Å². The molecular weight excluding hydrogens is 331 g/mol. The van der Waals surface area contributed by atoms with Crippen LogP contribution in [0.15, 0.2) is 48.7 Å². The van der Waals surface area contributed by atoms with Gasteiger partial charge in [0.15, 0.2) is 0 Å². The van der Waals surface area contributed by atoms with E-state index in [1.54, 1.807) is 0 Å². The number of hydrogen-bond acceptors (Lipinski definition) is 3. The Morgan fingerprint density at radius 3 is 2.84 bits per heavy atom. The van der Waals surface area contributed by atoms with Gasteiger partial charge in [0.2, 0.25) is 0 Å². The summed E-state index contributed by atoms with van der Waals surface area (Å²) in [5.41, 5.74) is 2.51. The highest BCUT2D eigenvalue weighted by atomic mass is 32.1. The van der Waals surface area contributed by atoms with Gasteiger partial charge in [-0.3, -0.25) is 9.88 Å². The fraction of sp³-hybridized carbons (Fsp3) is 0.381. The van der Waals surface area contributed by atoms with Crippen molar-refractivity contribution in [1.29, 1.82) is 0 Å². The Morgan fingerprint density at radius 2 is 2.08 bits per heavy atom. The van der Waals surface area contributed by atoms with Gasteiger partial charge >= 0.3 is 0 Å². The van der Waals surface area contributed by atoms with Crippen molar-refractivity contribution in [2.75, 3.05) is 19.6 Å². The van der Waals surface area contributed by atoms with Crippen LogP contribution in [0.25, 0.3) is 10.1 Å². The third-order valence-corrected chi connectivity index (χ3v) is 6.39. The predicted molar refractivity (Wildman–Crippen MR) is 103 cm³/mol. The van der Waals surface area contributed by atoms with Crippen molar-refractivity contribution in [3.8, 4) is 0 Å². The Kier molecular flexibility index (Phi) is 4.82. The highest BCUT2D eigenvalue weighted by molar-refractivity contribution is 7.19. The van der Waals surface area contributed by atoms with Crippen molar-refractivity contribution >= 4 is 21.4 Å². The minimum Gasteiger partial charge on any atom is -0.300 e. The zero-order chi connectivity index (χ0) is 17.2. The standard InChI is InChI=1S/C21H23FN2S/c1-15(18-7-4-5-11-23-18)21-17-6-2-3-8-19(17)25-20(21)10-13-24-12-9-16(22)14-24/h2-8,11,15-16H,9-10,12-14H2,1H3/t15-,16?/m0/s1. The van der Waals surface area contributed by atoms with Crippen LogP contribution >= 0.6 is 11.3 Å². The molecule has 4 rings (SSSR count). The number of rotatable bonds is 5. The van der Waals surface area contributed by atoms with Gasteiger partial charge in [-0.25, -0.2) is 4.39 Å². The Bertz CT molecular complexity index is 845. The molecule has 2 atom stereocenters. The van der Waals surface area contributed by atoms with Crippen LogP contribution < -0.4 is 0 Å². The van der Waals surface area contributed by atoms with Crippen molar-refractivity contribution in [3.05, 3.63) is 64.8 Å². The molecule has 1 aliphatic rings. The van der Waals surface area contributed by atoms with E-state index in [1.165, 1.54) is 20.5 Å². The molecule has 1 fully saturated rings. The molecule has 0 bridgehead atoms. The fourth-order valence-corrected chi connectivity index (χ4v) is 5.09. The highest BCUT2D eigenvalue weighted by Gasteiger charge is 2.24. The second-order valence-electron chi connectivity index (χ2n) is 6.85. The maximum Gasteiger partial charge on any atom is 0.114 e. The van der Waals surface area contributed by atoms with E-state index in [9.17, 15) is 4.39 Å². The van der Waals surface area contributed by atoms with Gasteiger partial charge in [0.1, 0.15) is 6.17 Å². The number of alkyl halides is 1. The first-order valence-corrected chi connectivity index (χ1v) is 9.81. The molecule has 0 spiro atoms. The van der Waals surface area contributed by atoms with E-state index >= 15 is 0 Å². The number of nitrogens with zero attached hydrogens (tertiary/aromatic N) is 2. The quantitative estimate of drug-likeness (QED) is 0.638. The second kappa shape index (κ2) is 7.22. The van der Waals surface area contributed by atoms with Crippen LogP contribution in [0.3, 0.4) is 0 Å². The number of benzene rings is 1. The Labute approximate surface area is 152 Å². The van der Waals surface area contributed by atoms with Gasteiger partial charge in [-0.1, -0.05) is 31.2 Å². The first kappa shape index (κ1) is 16.7. The number of likely N-dealkylation sites (tertiary alicyclic amines) is 1. The molecule has 3 heterocycles. The molecule has 1 aromatic carbocycles. The van der Waals surface area contributed by atoms with Gasteiger partial charge in [0, 0.05) is 47.0 Å². The maximum absolute atomic E-state index is 13.4. The minimum atomic E-state index is -0.644. The van der Waals surface area contributed by atoms with E-state index in [0.717, 1.165) is 25.2 Å². The molecule has 3 aromatic rings. The van der Waals surface area contributed by atoms with Crippen molar-refractivity contribution in [3.63, 3.8) is 0 Å². The van der Waals surface area contributed by atoms with Crippen molar-refractivity contribution in [2.45, 2.75) is 31.9 Å². The van der Waals surface area contributed by atoms with Crippen molar-refractivity contribution < 1.29 is 4.39 Å². The van der Waals surface area contributed by atoms with Crippen LogP contribution in [0.5, 0.6) is 0 Å². The summed E-state index contributed by atoms with van der Waals surface area (Å²) in [7, 11) is 0. The van der Waals surface area contributed by atoms with E-state index in [-0.39, 0.29) is 5.92 Å². The Balaban J connectivity index is 1.66. The van der Waals surface area contributed by atoms with Crippen LogP contribution in [-0.4, -0.2) is 35.7 Å². The molecule has 0 saturated carbocycles. The lowest BCUT2D eigenvalue weighted by atomic mass is 9.93. The summed E-state index contributed by atoms with van der Waals surface area (Å²) < 4.78 is 14.8. The number of aromatic nitrogens is 1. The van der Waals surface area contributed by atoms with Crippen LogP contribution in [0.1, 0.15) is 35.4 Å². The SMILES string of the molecule is C[C@@H](c1ccccn1)c1c(CCN2CCC(F)C2)sc2ccccc12. The maximum atomic E-state index is 13.4. The molecular formula is C21H23FN2S. The number of thiophene rings is 1. The molecule has 130 valence electrons. The smallest absolute Gasteiger partial charge is 0.114 e. The molecule has 0 aliphatic carbocycles. The molecule has 1 aliphatic heterocycles. The topological polar surface area (TPSA) is 16.1 Å². The molecule has 1 unspecified atom stereocenters. The Hall–Kier alpha value is -1.78. The predicted octanol–water partition coefficient (Wildman–Crippen LogP) is 5.03. The second-order valence-corrected chi connectivity index (χ2v) is 7.98. The largest absolute Gasteiger partial charge is 0.300 e. The van der Waals surface area contributed by atoms with Gasteiger partial charge in [-0.15, -0.1) is 11.3 Å². The van der Waals surface area contributed by atoms with Gasteiger partial charge in [-0.05, 0) is 42.0 Å². The van der Waals surface area contributed by atoms with E-state index < -0.39 is 6.17 Å². The van der Waals surface area contributed by atoms with Gasteiger partial charge in [0.25, 0.3) is 0 Å². The first-order valence-electron chi connectivity index (χ1n) is 9.00. The van der Waals surface area contributed by atoms with E-state index in [1.807, 2.05) is 23.6 Å². The average molecular weight is 354 g/mol. The number of hydrogen-bond donors (Lipinski definition) is 0. The molecule has 1 saturated heterocycles. The lowest BCUT2D eigenvalue weighted by molar-refractivity contribution is 0.290. The lowest BCUT2D eigenvalue weighted by Gasteiger charge is -2.17. The van der Waals surface area contributed by atoms with Crippen LogP contribution in [0, 0.1) is 0 Å². The van der Waals surface area contributed by atoms with Gasteiger partial charge in [-0.2, -0.15) is 0 Å². The van der Waals surface area contributed by atoms with Gasteiger partial charge in [0.05, 0.1) is 0 Å². The average Bonchev–Trinajstić information content (AvgIpc) is 3.23. The minimum absolute atomic E-state index is 0.264. The monoisotopic (exact) mass is 354 g/mol. The van der Waals surface area contributed by atoms with E-state index in [2.05, 4.69) is 53.2 Å². The Morgan fingerprint density at radius 1 is 1.24 bits per heavy atom. The summed E-state index contributed by atoms with van der Waals surface area (Å²) >= 11 is 1.88. The molecule has 25 heavy (non-hydrogen) atoms. The third kappa shape index (κ3) is 3.46. The van der Waals surface area contributed by atoms with E-state index in [0.29, 0.717) is 13.0 Å². The number of fused-ring (bicyclic) bond motifs is 1. The molecule has 0 N–H and O–H groups in total. The summed E-state index contributed by atoms with van der Waals surface area (Å²) in [5.74, 6) is 0.264. The van der Waals surface area contributed by atoms with Crippen LogP contribution in [0.4, 0.5) is 4.39 Å². The number of pyridine rings is 1.